The molecule has 2 aliphatic rings. The fraction of sp³-hybridized carbons (Fsp3) is 0.432. The van der Waals surface area contributed by atoms with Gasteiger partial charge in [-0.05, 0) is 48.3 Å². The number of benzene rings is 3. The summed E-state index contributed by atoms with van der Waals surface area (Å²) in [7, 11) is 0. The second kappa shape index (κ2) is 15.2. The zero-order chi connectivity index (χ0) is 31.6. The predicted molar refractivity (Wildman–Crippen MR) is 175 cm³/mol. The average molecular weight is 611 g/mol. The van der Waals surface area contributed by atoms with Crippen molar-refractivity contribution in [3.63, 3.8) is 0 Å². The summed E-state index contributed by atoms with van der Waals surface area (Å²) < 4.78 is 5.53. The van der Waals surface area contributed by atoms with E-state index in [2.05, 4.69) is 27.7 Å². The number of amides is 3. The first-order valence-electron chi connectivity index (χ1n) is 16.3. The number of hydrogen-bond acceptors (Lipinski definition) is 5. The summed E-state index contributed by atoms with van der Waals surface area (Å²) >= 11 is 0. The first kappa shape index (κ1) is 32.2. The van der Waals surface area contributed by atoms with Gasteiger partial charge in [0.05, 0.1) is 0 Å². The number of hydrogen-bond donors (Lipinski definition) is 2. The van der Waals surface area contributed by atoms with Crippen molar-refractivity contribution in [2.75, 3.05) is 13.1 Å². The van der Waals surface area contributed by atoms with Crippen LogP contribution in [0.4, 0.5) is 4.79 Å². The minimum Gasteiger partial charge on any atom is -0.445 e. The largest absolute Gasteiger partial charge is 0.445 e. The number of ether oxygens (including phenoxy) is 1. The number of piperidine rings is 1. The summed E-state index contributed by atoms with van der Waals surface area (Å²) in [4.78, 5) is 46.3. The van der Waals surface area contributed by atoms with E-state index in [-0.39, 0.29) is 30.4 Å². The van der Waals surface area contributed by atoms with Gasteiger partial charge in [-0.1, -0.05) is 111 Å². The maximum absolute atomic E-state index is 14.7. The Balaban J connectivity index is 1.37. The SMILES string of the molecule is CC[C@H](C)[C@H](NC(=O)OCc1ccccc1)C(=O)N(C1CC1)C1(C(=O)NCc2ccccc2)CCN(Cc2ccccc2)CC1. The van der Waals surface area contributed by atoms with Crippen LogP contribution in [-0.2, 0) is 34.0 Å². The molecule has 2 N–H and O–H groups in total. The minimum atomic E-state index is -1.01. The molecule has 1 aliphatic carbocycles. The number of carbonyl (C=O) groups is 3. The third-order valence-electron chi connectivity index (χ3n) is 9.23. The van der Waals surface area contributed by atoms with Gasteiger partial charge in [0.1, 0.15) is 18.2 Å². The van der Waals surface area contributed by atoms with Crippen molar-refractivity contribution in [2.24, 2.45) is 5.92 Å². The Bertz CT molecular complexity index is 1390. The van der Waals surface area contributed by atoms with Crippen molar-refractivity contribution >= 4 is 17.9 Å². The molecule has 8 heteroatoms. The fourth-order valence-corrected chi connectivity index (χ4v) is 6.24. The maximum atomic E-state index is 14.7. The summed E-state index contributed by atoms with van der Waals surface area (Å²) in [5, 5.41) is 6.09. The Morgan fingerprint density at radius 3 is 1.98 bits per heavy atom. The summed E-state index contributed by atoms with van der Waals surface area (Å²) in [6.07, 6.45) is 2.79. The van der Waals surface area contributed by atoms with Crippen LogP contribution in [0.2, 0.25) is 0 Å². The van der Waals surface area contributed by atoms with Crippen molar-refractivity contribution in [3.8, 4) is 0 Å². The molecule has 3 aromatic carbocycles. The van der Waals surface area contributed by atoms with Crippen molar-refractivity contribution < 1.29 is 19.1 Å². The van der Waals surface area contributed by atoms with Gasteiger partial charge < -0.3 is 20.3 Å². The minimum absolute atomic E-state index is 0.0330. The summed E-state index contributed by atoms with van der Waals surface area (Å²) in [6, 6.07) is 28.8. The molecular formula is C37H46N4O4. The molecule has 45 heavy (non-hydrogen) atoms. The van der Waals surface area contributed by atoms with Gasteiger partial charge in [-0.15, -0.1) is 0 Å². The molecule has 8 nitrogen and oxygen atoms in total. The molecule has 238 valence electrons. The van der Waals surface area contributed by atoms with Gasteiger partial charge in [0.2, 0.25) is 11.8 Å². The Labute approximate surface area is 267 Å². The fourth-order valence-electron chi connectivity index (χ4n) is 6.24. The van der Waals surface area contributed by atoms with E-state index >= 15 is 0 Å². The van der Waals surface area contributed by atoms with Crippen molar-refractivity contribution in [3.05, 3.63) is 108 Å². The first-order chi connectivity index (χ1) is 21.9. The number of nitrogens with one attached hydrogen (secondary N) is 2. The van der Waals surface area contributed by atoms with E-state index in [1.54, 1.807) is 0 Å². The normalized spacial score (nSPS) is 17.5. The molecule has 0 radical (unpaired) electrons. The van der Waals surface area contributed by atoms with Crippen LogP contribution in [0.15, 0.2) is 91.0 Å². The van der Waals surface area contributed by atoms with Gasteiger partial charge in [-0.3, -0.25) is 14.5 Å². The van der Waals surface area contributed by atoms with Crippen LogP contribution in [0.1, 0.15) is 62.6 Å². The lowest BCUT2D eigenvalue weighted by Gasteiger charge is -2.49. The molecule has 2 fully saturated rings. The molecule has 0 unspecified atom stereocenters. The van der Waals surface area contributed by atoms with Gasteiger partial charge in [0.15, 0.2) is 0 Å². The molecule has 0 aromatic heterocycles. The smallest absolute Gasteiger partial charge is 0.408 e. The van der Waals surface area contributed by atoms with Gasteiger partial charge in [0, 0.05) is 32.2 Å². The van der Waals surface area contributed by atoms with Crippen molar-refractivity contribution in [1.29, 1.82) is 0 Å². The lowest BCUT2D eigenvalue weighted by atomic mass is 9.82. The monoisotopic (exact) mass is 610 g/mol. The highest BCUT2D eigenvalue weighted by Gasteiger charge is 2.54. The van der Waals surface area contributed by atoms with Crippen molar-refractivity contribution in [1.82, 2.24) is 20.4 Å². The number of rotatable bonds is 13. The van der Waals surface area contributed by atoms with Crippen molar-refractivity contribution in [2.45, 2.75) is 83.3 Å². The van der Waals surface area contributed by atoms with Crippen LogP contribution < -0.4 is 10.6 Å². The number of nitrogens with zero attached hydrogens (tertiary/aromatic N) is 2. The lowest BCUT2D eigenvalue weighted by molar-refractivity contribution is -0.155. The topological polar surface area (TPSA) is 91.0 Å². The van der Waals surface area contributed by atoms with E-state index in [1.165, 1.54) is 5.56 Å². The molecule has 5 rings (SSSR count). The van der Waals surface area contributed by atoms with E-state index in [4.69, 9.17) is 4.74 Å². The zero-order valence-corrected chi connectivity index (χ0v) is 26.5. The first-order valence-corrected chi connectivity index (χ1v) is 16.3. The highest BCUT2D eigenvalue weighted by Crippen LogP contribution is 2.40. The van der Waals surface area contributed by atoms with Crippen LogP contribution in [0.3, 0.4) is 0 Å². The van der Waals surface area contributed by atoms with E-state index in [1.807, 2.05) is 97.6 Å². The van der Waals surface area contributed by atoms with E-state index in [9.17, 15) is 14.4 Å². The second-order valence-corrected chi connectivity index (χ2v) is 12.5. The predicted octanol–water partition coefficient (Wildman–Crippen LogP) is 5.67. The Morgan fingerprint density at radius 2 is 1.42 bits per heavy atom. The number of alkyl carbamates (subject to hydrolysis) is 1. The summed E-state index contributed by atoms with van der Waals surface area (Å²) in [5.74, 6) is -0.471. The van der Waals surface area contributed by atoms with Gasteiger partial charge in [-0.25, -0.2) is 4.79 Å². The molecule has 0 bridgehead atoms. The lowest BCUT2D eigenvalue weighted by Crippen LogP contribution is -2.68. The van der Waals surface area contributed by atoms with E-state index < -0.39 is 17.7 Å². The molecule has 1 saturated heterocycles. The van der Waals surface area contributed by atoms with Crippen LogP contribution in [0.5, 0.6) is 0 Å². The summed E-state index contributed by atoms with van der Waals surface area (Å²) in [6.45, 7) is 6.65. The molecule has 1 heterocycles. The highest BCUT2D eigenvalue weighted by atomic mass is 16.5. The average Bonchev–Trinajstić information content (AvgIpc) is 3.92. The molecule has 1 saturated carbocycles. The quantitative estimate of drug-likeness (QED) is 0.260. The van der Waals surface area contributed by atoms with Crippen LogP contribution >= 0.6 is 0 Å². The van der Waals surface area contributed by atoms with Crippen LogP contribution in [0.25, 0.3) is 0 Å². The zero-order valence-electron chi connectivity index (χ0n) is 26.5. The maximum Gasteiger partial charge on any atom is 0.408 e. The second-order valence-electron chi connectivity index (χ2n) is 12.5. The summed E-state index contributed by atoms with van der Waals surface area (Å²) in [5.41, 5.74) is 2.09. The highest BCUT2D eigenvalue weighted by molar-refractivity contribution is 5.95. The van der Waals surface area contributed by atoms with Crippen LogP contribution in [-0.4, -0.2) is 58.4 Å². The molecule has 2 atom stereocenters. The molecule has 1 aliphatic heterocycles. The standard InChI is InChI=1S/C37H46N4O4/c1-3-28(2)33(39-36(44)45-27-31-17-11-6-12-18-31)34(42)41(32-19-20-32)37(35(43)38-25-29-13-7-4-8-14-29)21-23-40(24-22-37)26-30-15-9-5-10-16-30/h4-18,28,32-33H,3,19-27H2,1-2H3,(H,38,43)(H,39,44)/t28-,33-/m0/s1. The van der Waals surface area contributed by atoms with E-state index in [0.29, 0.717) is 38.9 Å². The van der Waals surface area contributed by atoms with Gasteiger partial charge in [-0.2, -0.15) is 0 Å². The Kier molecular flexibility index (Phi) is 10.9. The van der Waals surface area contributed by atoms with Crippen LogP contribution in [0, 0.1) is 5.92 Å². The molecule has 3 aromatic rings. The number of carbonyl (C=O) groups excluding carboxylic acids is 3. The van der Waals surface area contributed by atoms with Gasteiger partial charge >= 0.3 is 6.09 Å². The third-order valence-corrected chi connectivity index (χ3v) is 9.23. The Morgan fingerprint density at radius 1 is 0.867 bits per heavy atom. The van der Waals surface area contributed by atoms with Gasteiger partial charge in [0.25, 0.3) is 0 Å². The molecule has 3 amide bonds. The molecule has 0 spiro atoms. The number of likely N-dealkylation sites (tertiary alicyclic amines) is 1. The third kappa shape index (κ3) is 8.31. The van der Waals surface area contributed by atoms with E-state index in [0.717, 1.165) is 30.5 Å². The Hall–Kier alpha value is -4.17. The molecular weight excluding hydrogens is 564 g/mol.